The van der Waals surface area contributed by atoms with Crippen LogP contribution in [0.15, 0.2) is 54.7 Å². The van der Waals surface area contributed by atoms with Gasteiger partial charge in [-0.1, -0.05) is 35.9 Å². The SMILES string of the molecule is Clc1cn(-c2ccccc2)c2cc[c]cc12. The number of benzene rings is 2. The van der Waals surface area contributed by atoms with E-state index in [1.54, 1.807) is 0 Å². The summed E-state index contributed by atoms with van der Waals surface area (Å²) in [6.45, 7) is 0. The molecule has 0 amide bonds. The smallest absolute Gasteiger partial charge is 0.0665 e. The lowest BCUT2D eigenvalue weighted by Gasteiger charge is -2.03. The molecule has 1 radical (unpaired) electrons. The van der Waals surface area contributed by atoms with Crippen molar-refractivity contribution >= 4 is 22.5 Å². The van der Waals surface area contributed by atoms with Crippen molar-refractivity contribution < 1.29 is 0 Å². The summed E-state index contributed by atoms with van der Waals surface area (Å²) in [5, 5.41) is 1.80. The number of hydrogen-bond acceptors (Lipinski definition) is 0. The molecule has 1 heterocycles. The van der Waals surface area contributed by atoms with Crippen molar-refractivity contribution in [1.29, 1.82) is 0 Å². The highest BCUT2D eigenvalue weighted by molar-refractivity contribution is 6.35. The maximum atomic E-state index is 6.19. The molecule has 0 fully saturated rings. The Morgan fingerprint density at radius 2 is 1.88 bits per heavy atom. The van der Waals surface area contributed by atoms with E-state index in [4.69, 9.17) is 11.6 Å². The van der Waals surface area contributed by atoms with Crippen molar-refractivity contribution in [3.8, 4) is 5.69 Å². The molecule has 0 aliphatic rings. The van der Waals surface area contributed by atoms with Gasteiger partial charge in [-0.25, -0.2) is 0 Å². The molecule has 0 atom stereocenters. The van der Waals surface area contributed by atoms with Crippen LogP contribution in [0.2, 0.25) is 5.02 Å². The zero-order valence-electron chi connectivity index (χ0n) is 8.52. The van der Waals surface area contributed by atoms with Crippen molar-refractivity contribution in [2.75, 3.05) is 0 Å². The minimum atomic E-state index is 0.760. The number of rotatable bonds is 1. The van der Waals surface area contributed by atoms with Crippen molar-refractivity contribution in [2.45, 2.75) is 0 Å². The highest BCUT2D eigenvalue weighted by Crippen LogP contribution is 2.27. The van der Waals surface area contributed by atoms with E-state index < -0.39 is 0 Å². The van der Waals surface area contributed by atoms with Gasteiger partial charge in [0.1, 0.15) is 0 Å². The predicted molar refractivity (Wildman–Crippen MR) is 67.1 cm³/mol. The van der Waals surface area contributed by atoms with E-state index in [2.05, 4.69) is 22.8 Å². The van der Waals surface area contributed by atoms with Gasteiger partial charge in [-0.2, -0.15) is 0 Å². The first kappa shape index (κ1) is 9.49. The van der Waals surface area contributed by atoms with Crippen molar-refractivity contribution in [2.24, 2.45) is 0 Å². The second-order valence-electron chi connectivity index (χ2n) is 3.63. The minimum Gasteiger partial charge on any atom is -0.315 e. The van der Waals surface area contributed by atoms with Gasteiger partial charge in [-0.05, 0) is 30.3 Å². The normalized spacial score (nSPS) is 10.8. The molecule has 3 rings (SSSR count). The Morgan fingerprint density at radius 3 is 2.69 bits per heavy atom. The van der Waals surface area contributed by atoms with E-state index in [1.807, 2.05) is 42.6 Å². The summed E-state index contributed by atoms with van der Waals surface area (Å²) in [6, 6.07) is 19.0. The maximum absolute atomic E-state index is 6.19. The number of hydrogen-bond donors (Lipinski definition) is 0. The van der Waals surface area contributed by atoms with Gasteiger partial charge in [-0.3, -0.25) is 0 Å². The Balaban J connectivity index is 2.33. The first-order valence-corrected chi connectivity index (χ1v) is 5.46. The van der Waals surface area contributed by atoms with Crippen LogP contribution in [0.4, 0.5) is 0 Å². The van der Waals surface area contributed by atoms with Gasteiger partial charge in [0, 0.05) is 17.3 Å². The molecule has 0 aliphatic carbocycles. The average Bonchev–Trinajstić information content (AvgIpc) is 2.69. The van der Waals surface area contributed by atoms with Gasteiger partial charge in [0.15, 0.2) is 0 Å². The van der Waals surface area contributed by atoms with Crippen LogP contribution in [0.5, 0.6) is 0 Å². The highest BCUT2D eigenvalue weighted by atomic mass is 35.5. The van der Waals surface area contributed by atoms with E-state index in [9.17, 15) is 0 Å². The number of aromatic nitrogens is 1. The minimum absolute atomic E-state index is 0.760. The Hall–Kier alpha value is -1.73. The van der Waals surface area contributed by atoms with E-state index in [1.165, 1.54) is 0 Å². The fourth-order valence-electron chi connectivity index (χ4n) is 1.88. The average molecular weight is 227 g/mol. The van der Waals surface area contributed by atoms with Gasteiger partial charge in [0.25, 0.3) is 0 Å². The first-order chi connectivity index (χ1) is 7.86. The summed E-state index contributed by atoms with van der Waals surface area (Å²) >= 11 is 6.19. The van der Waals surface area contributed by atoms with Crippen molar-refractivity contribution in [3.63, 3.8) is 0 Å². The van der Waals surface area contributed by atoms with E-state index >= 15 is 0 Å². The van der Waals surface area contributed by atoms with Crippen LogP contribution in [0.25, 0.3) is 16.6 Å². The van der Waals surface area contributed by atoms with Gasteiger partial charge in [0.05, 0.1) is 10.5 Å². The zero-order valence-corrected chi connectivity index (χ0v) is 9.28. The van der Waals surface area contributed by atoms with Crippen LogP contribution in [0.3, 0.4) is 0 Å². The molecule has 2 heteroatoms. The molecule has 0 aliphatic heterocycles. The lowest BCUT2D eigenvalue weighted by atomic mass is 10.2. The van der Waals surface area contributed by atoms with Gasteiger partial charge >= 0.3 is 0 Å². The molecule has 0 unspecified atom stereocenters. The van der Waals surface area contributed by atoms with Crippen LogP contribution in [0, 0.1) is 6.07 Å². The highest BCUT2D eigenvalue weighted by Gasteiger charge is 2.06. The van der Waals surface area contributed by atoms with E-state index in [0.29, 0.717) is 0 Å². The summed E-state index contributed by atoms with van der Waals surface area (Å²) in [7, 11) is 0. The number of halogens is 1. The molecular formula is C14H9ClN. The molecule has 0 saturated heterocycles. The summed E-state index contributed by atoms with van der Waals surface area (Å²) in [5.41, 5.74) is 2.22. The quantitative estimate of drug-likeness (QED) is 0.589. The van der Waals surface area contributed by atoms with Crippen LogP contribution in [-0.2, 0) is 0 Å². The Bertz CT molecular complexity index is 626. The van der Waals surface area contributed by atoms with Crippen LogP contribution < -0.4 is 0 Å². The third-order valence-corrected chi connectivity index (χ3v) is 2.94. The Labute approximate surface area is 98.9 Å². The molecule has 0 saturated carbocycles. The molecule has 1 aromatic heterocycles. The number of para-hydroxylation sites is 1. The molecule has 0 N–H and O–H groups in total. The third-order valence-electron chi connectivity index (χ3n) is 2.63. The Kier molecular flexibility index (Phi) is 2.19. The molecular weight excluding hydrogens is 218 g/mol. The number of nitrogens with zero attached hydrogens (tertiary/aromatic N) is 1. The number of fused-ring (bicyclic) bond motifs is 1. The van der Waals surface area contributed by atoms with Gasteiger partial charge < -0.3 is 4.57 Å². The molecule has 3 aromatic rings. The standard InChI is InChI=1S/C14H9ClN/c15-13-10-16(11-6-2-1-3-7-11)14-9-5-4-8-12(13)14/h1-3,5-10H. The summed E-state index contributed by atoms with van der Waals surface area (Å²) in [5.74, 6) is 0. The molecule has 0 spiro atoms. The second kappa shape index (κ2) is 3.69. The molecule has 0 bridgehead atoms. The van der Waals surface area contributed by atoms with E-state index in [-0.39, 0.29) is 0 Å². The maximum Gasteiger partial charge on any atom is 0.0665 e. The Morgan fingerprint density at radius 1 is 1.06 bits per heavy atom. The lowest BCUT2D eigenvalue weighted by Crippen LogP contribution is -1.90. The first-order valence-electron chi connectivity index (χ1n) is 5.08. The molecule has 77 valence electrons. The largest absolute Gasteiger partial charge is 0.315 e. The summed E-state index contributed by atoms with van der Waals surface area (Å²) in [4.78, 5) is 0. The summed E-state index contributed by atoms with van der Waals surface area (Å²) < 4.78 is 2.09. The molecule has 16 heavy (non-hydrogen) atoms. The topological polar surface area (TPSA) is 4.93 Å². The monoisotopic (exact) mass is 226 g/mol. The van der Waals surface area contributed by atoms with Crippen LogP contribution in [0.1, 0.15) is 0 Å². The predicted octanol–water partition coefficient (Wildman–Crippen LogP) is 4.08. The zero-order chi connectivity index (χ0) is 11.0. The van der Waals surface area contributed by atoms with Gasteiger partial charge in [0.2, 0.25) is 0 Å². The summed E-state index contributed by atoms with van der Waals surface area (Å²) in [6.07, 6.45) is 1.94. The van der Waals surface area contributed by atoms with Crippen molar-refractivity contribution in [1.82, 2.24) is 4.57 Å². The third kappa shape index (κ3) is 1.41. The van der Waals surface area contributed by atoms with Crippen LogP contribution >= 0.6 is 11.6 Å². The molecule has 2 aromatic carbocycles. The van der Waals surface area contributed by atoms with Gasteiger partial charge in [-0.15, -0.1) is 0 Å². The van der Waals surface area contributed by atoms with E-state index in [0.717, 1.165) is 21.6 Å². The van der Waals surface area contributed by atoms with Crippen molar-refractivity contribution in [3.05, 3.63) is 65.8 Å². The lowest BCUT2D eigenvalue weighted by molar-refractivity contribution is 1.13. The fourth-order valence-corrected chi connectivity index (χ4v) is 2.13. The second-order valence-corrected chi connectivity index (χ2v) is 4.03. The molecule has 1 nitrogen and oxygen atoms in total. The van der Waals surface area contributed by atoms with Crippen LogP contribution in [-0.4, -0.2) is 4.57 Å². The fraction of sp³-hybridized carbons (Fsp3) is 0.